The van der Waals surface area contributed by atoms with Crippen molar-refractivity contribution >= 4 is 33.9 Å². The standard InChI is InChI=1S/C20H22N4O3/c1-4-23(13(2)3)15-7-5-14(6-8-15)22-20(25)18-12-21-19-10-9-16(24(26)27)11-17(18)19/h5-13,21H,4H2,1-3H3,(H,22,25). The summed E-state index contributed by atoms with van der Waals surface area (Å²) in [5.41, 5.74) is 2.76. The molecule has 0 aliphatic carbocycles. The molecule has 0 bridgehead atoms. The minimum absolute atomic E-state index is 0.0474. The molecule has 2 N–H and O–H groups in total. The topological polar surface area (TPSA) is 91.3 Å². The van der Waals surface area contributed by atoms with Gasteiger partial charge in [-0.2, -0.15) is 0 Å². The van der Waals surface area contributed by atoms with Crippen molar-refractivity contribution in [3.63, 3.8) is 0 Å². The molecule has 7 heteroatoms. The first-order valence-corrected chi connectivity index (χ1v) is 8.84. The largest absolute Gasteiger partial charge is 0.369 e. The van der Waals surface area contributed by atoms with E-state index < -0.39 is 4.92 Å². The van der Waals surface area contributed by atoms with Crippen LogP contribution in [0.15, 0.2) is 48.7 Å². The minimum Gasteiger partial charge on any atom is -0.369 e. The molecule has 0 aliphatic heterocycles. The third kappa shape index (κ3) is 3.76. The Morgan fingerprint density at radius 1 is 1.22 bits per heavy atom. The highest BCUT2D eigenvalue weighted by atomic mass is 16.6. The predicted octanol–water partition coefficient (Wildman–Crippen LogP) is 4.56. The number of aromatic amines is 1. The van der Waals surface area contributed by atoms with Gasteiger partial charge in [0.05, 0.1) is 10.5 Å². The van der Waals surface area contributed by atoms with Crippen molar-refractivity contribution in [2.75, 3.05) is 16.8 Å². The van der Waals surface area contributed by atoms with E-state index in [0.717, 1.165) is 12.2 Å². The number of nitro groups is 1. The van der Waals surface area contributed by atoms with Crippen molar-refractivity contribution in [2.24, 2.45) is 0 Å². The quantitative estimate of drug-likeness (QED) is 0.494. The van der Waals surface area contributed by atoms with Crippen LogP contribution in [0, 0.1) is 10.1 Å². The van der Waals surface area contributed by atoms with Gasteiger partial charge in [0.1, 0.15) is 0 Å². The number of nitro benzene ring substituents is 1. The maximum absolute atomic E-state index is 12.6. The highest BCUT2D eigenvalue weighted by molar-refractivity contribution is 6.13. The van der Waals surface area contributed by atoms with Gasteiger partial charge in [0.2, 0.25) is 0 Å². The number of carbonyl (C=O) groups is 1. The lowest BCUT2D eigenvalue weighted by molar-refractivity contribution is -0.384. The number of nitrogens with one attached hydrogen (secondary N) is 2. The molecular formula is C20H22N4O3. The van der Waals surface area contributed by atoms with Crippen LogP contribution in [0.3, 0.4) is 0 Å². The van der Waals surface area contributed by atoms with Crippen molar-refractivity contribution in [3.8, 4) is 0 Å². The number of non-ortho nitro benzene ring substituents is 1. The second-order valence-electron chi connectivity index (χ2n) is 6.57. The van der Waals surface area contributed by atoms with Crippen LogP contribution in [-0.4, -0.2) is 28.4 Å². The number of nitrogens with zero attached hydrogens (tertiary/aromatic N) is 2. The van der Waals surface area contributed by atoms with Crippen molar-refractivity contribution in [1.82, 2.24) is 4.98 Å². The summed E-state index contributed by atoms with van der Waals surface area (Å²) in [5.74, 6) is -0.314. The summed E-state index contributed by atoms with van der Waals surface area (Å²) in [7, 11) is 0. The molecule has 0 spiro atoms. The number of hydrogen-bond acceptors (Lipinski definition) is 4. The number of carbonyl (C=O) groups excluding carboxylic acids is 1. The lowest BCUT2D eigenvalue weighted by Crippen LogP contribution is -2.30. The van der Waals surface area contributed by atoms with Crippen LogP contribution in [0.4, 0.5) is 17.1 Å². The fraction of sp³-hybridized carbons (Fsp3) is 0.250. The number of rotatable bonds is 6. The van der Waals surface area contributed by atoms with E-state index in [0.29, 0.717) is 28.2 Å². The molecule has 1 amide bonds. The Morgan fingerprint density at radius 3 is 2.52 bits per heavy atom. The van der Waals surface area contributed by atoms with Crippen LogP contribution in [0.1, 0.15) is 31.1 Å². The molecule has 27 heavy (non-hydrogen) atoms. The van der Waals surface area contributed by atoms with Crippen molar-refractivity contribution < 1.29 is 9.72 Å². The number of amides is 1. The SMILES string of the molecule is CCN(c1ccc(NC(=O)c2c[nH]c3ccc([N+](=O)[O-])cc23)cc1)C(C)C. The van der Waals surface area contributed by atoms with E-state index in [9.17, 15) is 14.9 Å². The summed E-state index contributed by atoms with van der Waals surface area (Å²) in [6.45, 7) is 7.27. The van der Waals surface area contributed by atoms with Crippen LogP contribution in [0.5, 0.6) is 0 Å². The van der Waals surface area contributed by atoms with Gasteiger partial charge in [-0.3, -0.25) is 14.9 Å². The van der Waals surface area contributed by atoms with Gasteiger partial charge in [-0.1, -0.05) is 0 Å². The molecule has 0 fully saturated rings. The molecule has 0 radical (unpaired) electrons. The van der Waals surface area contributed by atoms with Gasteiger partial charge >= 0.3 is 0 Å². The first-order chi connectivity index (χ1) is 12.9. The van der Waals surface area contributed by atoms with Crippen LogP contribution in [0.25, 0.3) is 10.9 Å². The Labute approximate surface area is 157 Å². The second-order valence-corrected chi connectivity index (χ2v) is 6.57. The lowest BCUT2D eigenvalue weighted by atomic mass is 10.1. The fourth-order valence-electron chi connectivity index (χ4n) is 3.19. The molecule has 3 rings (SSSR count). The molecule has 2 aromatic carbocycles. The Kier molecular flexibility index (Phi) is 5.12. The zero-order valence-electron chi connectivity index (χ0n) is 15.5. The van der Waals surface area contributed by atoms with Crippen molar-refractivity contribution in [1.29, 1.82) is 0 Å². The summed E-state index contributed by atoms with van der Waals surface area (Å²) in [6, 6.07) is 12.5. The van der Waals surface area contributed by atoms with E-state index in [4.69, 9.17) is 0 Å². The number of hydrogen-bond donors (Lipinski definition) is 2. The Hall–Kier alpha value is -3.35. The maximum Gasteiger partial charge on any atom is 0.270 e. The van der Waals surface area contributed by atoms with Gasteiger partial charge in [0.25, 0.3) is 11.6 Å². The van der Waals surface area contributed by atoms with Gasteiger partial charge in [-0.25, -0.2) is 0 Å². The highest BCUT2D eigenvalue weighted by Gasteiger charge is 2.16. The van der Waals surface area contributed by atoms with Crippen LogP contribution in [-0.2, 0) is 0 Å². The molecule has 3 aromatic rings. The van der Waals surface area contributed by atoms with Crippen LogP contribution < -0.4 is 10.2 Å². The molecule has 0 aliphatic rings. The van der Waals surface area contributed by atoms with Crippen LogP contribution >= 0.6 is 0 Å². The second kappa shape index (κ2) is 7.49. The van der Waals surface area contributed by atoms with E-state index in [2.05, 4.69) is 36.0 Å². The predicted molar refractivity (Wildman–Crippen MR) is 108 cm³/mol. The number of anilines is 2. The van der Waals surface area contributed by atoms with E-state index in [1.54, 1.807) is 12.3 Å². The Morgan fingerprint density at radius 2 is 1.93 bits per heavy atom. The average molecular weight is 366 g/mol. The molecule has 140 valence electrons. The van der Waals surface area contributed by atoms with Gasteiger partial charge in [0, 0.05) is 53.2 Å². The smallest absolute Gasteiger partial charge is 0.270 e. The van der Waals surface area contributed by atoms with E-state index >= 15 is 0 Å². The fourth-order valence-corrected chi connectivity index (χ4v) is 3.19. The lowest BCUT2D eigenvalue weighted by Gasteiger charge is -2.27. The van der Waals surface area contributed by atoms with Gasteiger partial charge in [-0.05, 0) is 51.1 Å². The first kappa shape index (κ1) is 18.4. The molecule has 0 saturated heterocycles. The molecule has 0 saturated carbocycles. The number of fused-ring (bicyclic) bond motifs is 1. The molecule has 1 heterocycles. The summed E-state index contributed by atoms with van der Waals surface area (Å²) >= 11 is 0. The third-order valence-electron chi connectivity index (χ3n) is 4.54. The third-order valence-corrected chi connectivity index (χ3v) is 4.54. The summed E-state index contributed by atoms with van der Waals surface area (Å²) < 4.78 is 0. The molecule has 1 aromatic heterocycles. The number of benzene rings is 2. The van der Waals surface area contributed by atoms with E-state index in [1.807, 2.05) is 24.3 Å². The maximum atomic E-state index is 12.6. The van der Waals surface area contributed by atoms with Gasteiger partial charge < -0.3 is 15.2 Å². The van der Waals surface area contributed by atoms with Crippen LogP contribution in [0.2, 0.25) is 0 Å². The normalized spacial score (nSPS) is 11.0. The Bertz CT molecular complexity index is 977. The molecular weight excluding hydrogens is 344 g/mol. The molecule has 0 unspecified atom stereocenters. The summed E-state index contributed by atoms with van der Waals surface area (Å²) in [5, 5.41) is 14.4. The number of aromatic nitrogens is 1. The van der Waals surface area contributed by atoms with Crippen molar-refractivity contribution in [3.05, 3.63) is 64.3 Å². The summed E-state index contributed by atoms with van der Waals surface area (Å²) in [4.78, 5) is 28.4. The van der Waals surface area contributed by atoms with E-state index in [-0.39, 0.29) is 11.6 Å². The first-order valence-electron chi connectivity index (χ1n) is 8.84. The number of H-pyrrole nitrogens is 1. The zero-order chi connectivity index (χ0) is 19.6. The minimum atomic E-state index is -0.471. The van der Waals surface area contributed by atoms with E-state index in [1.165, 1.54) is 12.1 Å². The van der Waals surface area contributed by atoms with Crippen molar-refractivity contribution in [2.45, 2.75) is 26.8 Å². The molecule has 7 nitrogen and oxygen atoms in total. The average Bonchev–Trinajstić information content (AvgIpc) is 3.06. The Balaban J connectivity index is 1.82. The van der Waals surface area contributed by atoms with Gasteiger partial charge in [0.15, 0.2) is 0 Å². The zero-order valence-corrected chi connectivity index (χ0v) is 15.5. The highest BCUT2D eigenvalue weighted by Crippen LogP contribution is 2.25. The van der Waals surface area contributed by atoms with Gasteiger partial charge in [-0.15, -0.1) is 0 Å². The monoisotopic (exact) mass is 366 g/mol. The summed E-state index contributed by atoms with van der Waals surface area (Å²) in [6.07, 6.45) is 1.57. The molecule has 0 atom stereocenters.